The zero-order valence-electron chi connectivity index (χ0n) is 9.00. The van der Waals surface area contributed by atoms with Gasteiger partial charge < -0.3 is 20.3 Å². The molecule has 1 heterocycles. The highest BCUT2D eigenvalue weighted by atomic mass is 79.9. The van der Waals surface area contributed by atoms with Crippen molar-refractivity contribution in [2.45, 2.75) is 13.0 Å². The first kappa shape index (κ1) is 11.7. The summed E-state index contributed by atoms with van der Waals surface area (Å²) in [6.45, 7) is 2.93. The predicted octanol–water partition coefficient (Wildman–Crippen LogP) is 1.52. The molecule has 3 N–H and O–H groups in total. The van der Waals surface area contributed by atoms with Crippen LogP contribution in [0.4, 0.5) is 0 Å². The van der Waals surface area contributed by atoms with Crippen LogP contribution >= 0.6 is 15.9 Å². The molecule has 1 aliphatic rings. The Labute approximate surface area is 102 Å². The van der Waals surface area contributed by atoms with Crippen molar-refractivity contribution in [3.8, 4) is 11.5 Å². The van der Waals surface area contributed by atoms with E-state index in [1.807, 2.05) is 13.0 Å². The standard InChI is InChI=1S/C11H14BrNO3/c1-6-4-8-11(16-3-2-15-8)10(12)9(6)7(13)5-14/h4,7,14H,2-3,5,13H2,1H3. The van der Waals surface area contributed by atoms with E-state index in [0.717, 1.165) is 21.3 Å². The molecular formula is C11H14BrNO3. The highest BCUT2D eigenvalue weighted by Gasteiger charge is 2.22. The molecule has 0 saturated heterocycles. The van der Waals surface area contributed by atoms with Gasteiger partial charge in [-0.05, 0) is 40.0 Å². The summed E-state index contributed by atoms with van der Waals surface area (Å²) in [5.41, 5.74) is 7.70. The summed E-state index contributed by atoms with van der Waals surface area (Å²) in [5.74, 6) is 1.40. The molecule has 0 fully saturated rings. The van der Waals surface area contributed by atoms with E-state index in [-0.39, 0.29) is 6.61 Å². The van der Waals surface area contributed by atoms with Crippen molar-refractivity contribution in [3.05, 3.63) is 21.7 Å². The van der Waals surface area contributed by atoms with Crippen LogP contribution in [0, 0.1) is 6.92 Å². The van der Waals surface area contributed by atoms with E-state index < -0.39 is 6.04 Å². The summed E-state index contributed by atoms with van der Waals surface area (Å²) in [7, 11) is 0. The molecule has 0 aromatic heterocycles. The van der Waals surface area contributed by atoms with Gasteiger partial charge in [0.15, 0.2) is 11.5 Å². The van der Waals surface area contributed by atoms with E-state index in [4.69, 9.17) is 20.3 Å². The molecular weight excluding hydrogens is 274 g/mol. The fraction of sp³-hybridized carbons (Fsp3) is 0.455. The van der Waals surface area contributed by atoms with Crippen molar-refractivity contribution in [2.75, 3.05) is 19.8 Å². The zero-order valence-corrected chi connectivity index (χ0v) is 10.6. The van der Waals surface area contributed by atoms with Gasteiger partial charge in [0, 0.05) is 0 Å². The van der Waals surface area contributed by atoms with E-state index in [2.05, 4.69) is 15.9 Å². The van der Waals surface area contributed by atoms with E-state index in [0.29, 0.717) is 19.0 Å². The maximum atomic E-state index is 9.12. The van der Waals surface area contributed by atoms with E-state index in [1.54, 1.807) is 0 Å². The average molecular weight is 288 g/mol. The van der Waals surface area contributed by atoms with Crippen molar-refractivity contribution in [1.29, 1.82) is 0 Å². The number of benzene rings is 1. The number of aliphatic hydroxyl groups excluding tert-OH is 1. The maximum absolute atomic E-state index is 9.12. The molecule has 1 aromatic rings. The lowest BCUT2D eigenvalue weighted by Crippen LogP contribution is -2.20. The van der Waals surface area contributed by atoms with Gasteiger partial charge in [0.25, 0.3) is 0 Å². The van der Waals surface area contributed by atoms with Gasteiger partial charge >= 0.3 is 0 Å². The van der Waals surface area contributed by atoms with Crippen molar-refractivity contribution >= 4 is 15.9 Å². The molecule has 1 unspecified atom stereocenters. The van der Waals surface area contributed by atoms with Crippen molar-refractivity contribution in [3.63, 3.8) is 0 Å². The lowest BCUT2D eigenvalue weighted by molar-refractivity contribution is 0.169. The SMILES string of the molecule is Cc1cc2c(c(Br)c1C(N)CO)OCCO2. The van der Waals surface area contributed by atoms with Crippen LogP contribution in [0.3, 0.4) is 0 Å². The number of rotatable bonds is 2. The monoisotopic (exact) mass is 287 g/mol. The fourth-order valence-electron chi connectivity index (χ4n) is 1.83. The van der Waals surface area contributed by atoms with Gasteiger partial charge in [-0.1, -0.05) is 0 Å². The van der Waals surface area contributed by atoms with Crippen LogP contribution in [0.25, 0.3) is 0 Å². The number of halogens is 1. The first-order valence-electron chi connectivity index (χ1n) is 5.10. The van der Waals surface area contributed by atoms with Crippen LogP contribution in [-0.4, -0.2) is 24.9 Å². The highest BCUT2D eigenvalue weighted by molar-refractivity contribution is 9.10. The number of hydrogen-bond donors (Lipinski definition) is 2. The fourth-order valence-corrected chi connectivity index (χ4v) is 2.74. The zero-order chi connectivity index (χ0) is 11.7. The molecule has 5 heteroatoms. The highest BCUT2D eigenvalue weighted by Crippen LogP contribution is 2.43. The Hall–Kier alpha value is -0.780. The van der Waals surface area contributed by atoms with Crippen molar-refractivity contribution in [2.24, 2.45) is 5.73 Å². The van der Waals surface area contributed by atoms with Gasteiger partial charge in [0.05, 0.1) is 17.1 Å². The summed E-state index contributed by atoms with van der Waals surface area (Å²) >= 11 is 3.46. The van der Waals surface area contributed by atoms with Gasteiger partial charge in [-0.25, -0.2) is 0 Å². The molecule has 0 radical (unpaired) electrons. The number of aliphatic hydroxyl groups is 1. The normalized spacial score (nSPS) is 16.0. The second-order valence-corrected chi connectivity index (χ2v) is 4.53. The Bertz CT molecular complexity index is 409. The van der Waals surface area contributed by atoms with E-state index in [1.165, 1.54) is 0 Å². The minimum atomic E-state index is -0.412. The molecule has 1 aliphatic heterocycles. The molecule has 4 nitrogen and oxygen atoms in total. The first-order chi connectivity index (χ1) is 7.65. The summed E-state index contributed by atoms with van der Waals surface area (Å²) < 4.78 is 11.8. The topological polar surface area (TPSA) is 64.7 Å². The van der Waals surface area contributed by atoms with E-state index >= 15 is 0 Å². The summed E-state index contributed by atoms with van der Waals surface area (Å²) in [5, 5.41) is 9.12. The van der Waals surface area contributed by atoms with Crippen LogP contribution in [0.1, 0.15) is 17.2 Å². The molecule has 0 spiro atoms. The molecule has 1 atom stereocenters. The Balaban J connectivity index is 2.54. The molecule has 2 rings (SSSR count). The van der Waals surface area contributed by atoms with Gasteiger partial charge in [0.1, 0.15) is 13.2 Å². The minimum absolute atomic E-state index is 0.0981. The molecule has 0 amide bonds. The first-order valence-corrected chi connectivity index (χ1v) is 5.89. The second kappa shape index (κ2) is 4.61. The number of hydrogen-bond acceptors (Lipinski definition) is 4. The predicted molar refractivity (Wildman–Crippen MR) is 63.9 cm³/mol. The lowest BCUT2D eigenvalue weighted by atomic mass is 10.0. The maximum Gasteiger partial charge on any atom is 0.175 e. The number of aryl methyl sites for hydroxylation is 1. The average Bonchev–Trinajstić information content (AvgIpc) is 2.28. The third-order valence-corrected chi connectivity index (χ3v) is 3.37. The van der Waals surface area contributed by atoms with Crippen LogP contribution in [0.2, 0.25) is 0 Å². The Morgan fingerprint density at radius 2 is 2.19 bits per heavy atom. The summed E-state index contributed by atoms with van der Waals surface area (Å²) in [4.78, 5) is 0. The lowest BCUT2D eigenvalue weighted by Gasteiger charge is -2.24. The third kappa shape index (κ3) is 1.90. The van der Waals surface area contributed by atoms with Crippen LogP contribution in [-0.2, 0) is 0 Å². The van der Waals surface area contributed by atoms with Crippen LogP contribution < -0.4 is 15.2 Å². The van der Waals surface area contributed by atoms with Gasteiger partial charge in [0.2, 0.25) is 0 Å². The molecule has 0 saturated carbocycles. The quantitative estimate of drug-likeness (QED) is 0.866. The number of nitrogens with two attached hydrogens (primary N) is 1. The second-order valence-electron chi connectivity index (χ2n) is 3.73. The third-order valence-electron chi connectivity index (χ3n) is 2.59. The minimum Gasteiger partial charge on any atom is -0.486 e. The van der Waals surface area contributed by atoms with Crippen molar-refractivity contribution in [1.82, 2.24) is 0 Å². The largest absolute Gasteiger partial charge is 0.486 e. The molecule has 0 aliphatic carbocycles. The molecule has 1 aromatic carbocycles. The number of fused-ring (bicyclic) bond motifs is 1. The van der Waals surface area contributed by atoms with E-state index in [9.17, 15) is 0 Å². The molecule has 16 heavy (non-hydrogen) atoms. The molecule has 0 bridgehead atoms. The van der Waals surface area contributed by atoms with Crippen LogP contribution in [0.15, 0.2) is 10.5 Å². The van der Waals surface area contributed by atoms with Gasteiger partial charge in [-0.3, -0.25) is 0 Å². The Kier molecular flexibility index (Phi) is 3.37. The summed E-state index contributed by atoms with van der Waals surface area (Å²) in [6.07, 6.45) is 0. The van der Waals surface area contributed by atoms with Gasteiger partial charge in [-0.15, -0.1) is 0 Å². The Morgan fingerprint density at radius 3 is 2.88 bits per heavy atom. The summed E-state index contributed by atoms with van der Waals surface area (Å²) in [6, 6.07) is 1.48. The smallest absolute Gasteiger partial charge is 0.175 e. The van der Waals surface area contributed by atoms with Crippen LogP contribution in [0.5, 0.6) is 11.5 Å². The Morgan fingerprint density at radius 1 is 1.50 bits per heavy atom. The molecule has 88 valence electrons. The number of ether oxygens (including phenoxy) is 2. The van der Waals surface area contributed by atoms with Gasteiger partial charge in [-0.2, -0.15) is 0 Å². The van der Waals surface area contributed by atoms with Crippen molar-refractivity contribution < 1.29 is 14.6 Å².